The number of sulfone groups is 1. The Morgan fingerprint density at radius 3 is 2.13 bits per heavy atom. The minimum Gasteiger partial charge on any atom is -0.328 e. The van der Waals surface area contributed by atoms with Crippen molar-refractivity contribution in [2.24, 2.45) is 5.73 Å². The third-order valence-electron chi connectivity index (χ3n) is 2.95. The molecule has 1 aliphatic carbocycles. The molecule has 0 heterocycles. The quantitative estimate of drug-likeness (QED) is 0.825. The fourth-order valence-corrected chi connectivity index (χ4v) is 2.55. The van der Waals surface area contributed by atoms with Crippen LogP contribution < -0.4 is 5.73 Å². The summed E-state index contributed by atoms with van der Waals surface area (Å²) in [6.07, 6.45) is 3.25. The molecule has 0 spiro atoms. The zero-order valence-electron chi connectivity index (χ0n) is 8.68. The van der Waals surface area contributed by atoms with Crippen LogP contribution in [0.15, 0.2) is 29.2 Å². The summed E-state index contributed by atoms with van der Waals surface area (Å²) in [6.45, 7) is 0. The van der Waals surface area contributed by atoms with Gasteiger partial charge in [0.25, 0.3) is 0 Å². The van der Waals surface area contributed by atoms with Crippen molar-refractivity contribution in [3.05, 3.63) is 29.8 Å². The number of hydrogen-bond acceptors (Lipinski definition) is 3. The van der Waals surface area contributed by atoms with Crippen LogP contribution in [-0.4, -0.2) is 20.7 Å². The van der Waals surface area contributed by atoms with E-state index in [0.717, 1.165) is 12.8 Å². The lowest BCUT2D eigenvalue weighted by Gasteiger charge is -2.32. The van der Waals surface area contributed by atoms with Gasteiger partial charge in [0.1, 0.15) is 0 Å². The van der Waals surface area contributed by atoms with E-state index in [1.165, 1.54) is 11.8 Å². The van der Waals surface area contributed by atoms with Crippen LogP contribution in [0.2, 0.25) is 0 Å². The van der Waals surface area contributed by atoms with Crippen LogP contribution >= 0.6 is 0 Å². The van der Waals surface area contributed by atoms with Crippen molar-refractivity contribution in [1.29, 1.82) is 0 Å². The predicted octanol–water partition coefficient (Wildman–Crippen LogP) is 1.29. The van der Waals surface area contributed by atoms with Crippen molar-refractivity contribution >= 4 is 9.84 Å². The molecule has 1 saturated carbocycles. The highest BCUT2D eigenvalue weighted by Crippen LogP contribution is 2.35. The molecule has 0 bridgehead atoms. The van der Waals surface area contributed by atoms with Gasteiger partial charge in [0.2, 0.25) is 0 Å². The molecule has 1 fully saturated rings. The summed E-state index contributed by atoms with van der Waals surface area (Å²) in [5.41, 5.74) is 6.91. The standard InChI is InChI=1S/C11H15NO2S/c1-15(13,14)11-4-2-8(3-5-11)9-6-10(12)7-9/h2-5,9-10H,6-7,12H2,1H3. The molecular weight excluding hydrogens is 210 g/mol. The number of hydrogen-bond donors (Lipinski definition) is 1. The molecule has 2 rings (SSSR count). The molecule has 0 amide bonds. The van der Waals surface area contributed by atoms with Crippen LogP contribution in [0.25, 0.3) is 0 Å². The van der Waals surface area contributed by atoms with Gasteiger partial charge in [0, 0.05) is 12.3 Å². The van der Waals surface area contributed by atoms with Crippen LogP contribution in [0.1, 0.15) is 24.3 Å². The van der Waals surface area contributed by atoms with E-state index in [0.29, 0.717) is 16.9 Å². The van der Waals surface area contributed by atoms with Gasteiger partial charge in [-0.25, -0.2) is 8.42 Å². The van der Waals surface area contributed by atoms with Crippen LogP contribution in [0.3, 0.4) is 0 Å². The third kappa shape index (κ3) is 2.21. The molecule has 0 radical (unpaired) electrons. The Morgan fingerprint density at radius 1 is 1.20 bits per heavy atom. The Bertz CT molecular complexity index is 444. The van der Waals surface area contributed by atoms with E-state index in [1.807, 2.05) is 12.1 Å². The third-order valence-corrected chi connectivity index (χ3v) is 4.08. The first kappa shape index (κ1) is 10.6. The Hall–Kier alpha value is -0.870. The molecule has 0 aromatic heterocycles. The van der Waals surface area contributed by atoms with Gasteiger partial charge in [-0.3, -0.25) is 0 Å². The first-order chi connectivity index (χ1) is 6.97. The molecule has 15 heavy (non-hydrogen) atoms. The van der Waals surface area contributed by atoms with E-state index in [4.69, 9.17) is 5.73 Å². The second-order valence-electron chi connectivity index (χ2n) is 4.27. The molecule has 0 unspecified atom stereocenters. The van der Waals surface area contributed by atoms with Gasteiger partial charge >= 0.3 is 0 Å². The SMILES string of the molecule is CS(=O)(=O)c1ccc(C2CC(N)C2)cc1. The largest absolute Gasteiger partial charge is 0.328 e. The monoisotopic (exact) mass is 225 g/mol. The van der Waals surface area contributed by atoms with Crippen LogP contribution in [0, 0.1) is 0 Å². The zero-order valence-corrected chi connectivity index (χ0v) is 9.50. The molecule has 82 valence electrons. The number of rotatable bonds is 2. The number of benzene rings is 1. The van der Waals surface area contributed by atoms with Crippen molar-refractivity contribution in [3.8, 4) is 0 Å². The normalized spacial score (nSPS) is 26.0. The van der Waals surface area contributed by atoms with Gasteiger partial charge in [-0.2, -0.15) is 0 Å². The van der Waals surface area contributed by atoms with Gasteiger partial charge in [-0.1, -0.05) is 12.1 Å². The van der Waals surface area contributed by atoms with Crippen LogP contribution in [-0.2, 0) is 9.84 Å². The maximum Gasteiger partial charge on any atom is 0.175 e. The topological polar surface area (TPSA) is 60.2 Å². The molecule has 1 aromatic carbocycles. The smallest absolute Gasteiger partial charge is 0.175 e. The van der Waals surface area contributed by atoms with E-state index in [9.17, 15) is 8.42 Å². The van der Waals surface area contributed by atoms with Crippen LogP contribution in [0.4, 0.5) is 0 Å². The van der Waals surface area contributed by atoms with Crippen molar-refractivity contribution in [3.63, 3.8) is 0 Å². The average molecular weight is 225 g/mol. The summed E-state index contributed by atoms with van der Waals surface area (Å²) in [6, 6.07) is 7.47. The Labute approximate surface area is 90.2 Å². The van der Waals surface area contributed by atoms with E-state index in [2.05, 4.69) is 0 Å². The maximum atomic E-state index is 11.2. The lowest BCUT2D eigenvalue weighted by Crippen LogP contribution is -2.34. The van der Waals surface area contributed by atoms with Crippen molar-refractivity contribution in [1.82, 2.24) is 0 Å². The molecule has 1 aromatic rings. The molecule has 4 heteroatoms. The molecule has 3 nitrogen and oxygen atoms in total. The van der Waals surface area contributed by atoms with E-state index in [-0.39, 0.29) is 0 Å². The summed E-state index contributed by atoms with van der Waals surface area (Å²) in [4.78, 5) is 0.384. The highest BCUT2D eigenvalue weighted by atomic mass is 32.2. The summed E-state index contributed by atoms with van der Waals surface area (Å²) >= 11 is 0. The minimum atomic E-state index is -3.07. The maximum absolute atomic E-state index is 11.2. The average Bonchev–Trinajstić information content (AvgIpc) is 2.12. The summed E-state index contributed by atoms with van der Waals surface area (Å²) in [5, 5.41) is 0. The Balaban J connectivity index is 2.18. The lowest BCUT2D eigenvalue weighted by atomic mass is 9.76. The first-order valence-electron chi connectivity index (χ1n) is 5.02. The summed E-state index contributed by atoms with van der Waals surface area (Å²) in [5.74, 6) is 0.522. The fourth-order valence-electron chi connectivity index (χ4n) is 1.92. The summed E-state index contributed by atoms with van der Waals surface area (Å²) < 4.78 is 22.5. The minimum absolute atomic E-state index is 0.324. The second-order valence-corrected chi connectivity index (χ2v) is 6.29. The van der Waals surface area contributed by atoms with Gasteiger partial charge < -0.3 is 5.73 Å². The highest BCUT2D eigenvalue weighted by molar-refractivity contribution is 7.90. The number of nitrogens with two attached hydrogens (primary N) is 1. The van der Waals surface area contributed by atoms with Gasteiger partial charge in [0.05, 0.1) is 4.90 Å². The highest BCUT2D eigenvalue weighted by Gasteiger charge is 2.27. The van der Waals surface area contributed by atoms with Crippen molar-refractivity contribution < 1.29 is 8.42 Å². The van der Waals surface area contributed by atoms with Crippen LogP contribution in [0.5, 0.6) is 0 Å². The Morgan fingerprint density at radius 2 is 1.73 bits per heavy atom. The fraction of sp³-hybridized carbons (Fsp3) is 0.455. The predicted molar refractivity (Wildman–Crippen MR) is 59.5 cm³/mol. The van der Waals surface area contributed by atoms with Crippen molar-refractivity contribution in [2.75, 3.05) is 6.26 Å². The second kappa shape index (κ2) is 3.61. The lowest BCUT2D eigenvalue weighted by molar-refractivity contribution is 0.351. The van der Waals surface area contributed by atoms with Gasteiger partial charge in [-0.05, 0) is 36.5 Å². The Kier molecular flexibility index (Phi) is 2.56. The first-order valence-corrected chi connectivity index (χ1v) is 6.91. The molecule has 0 atom stereocenters. The molecule has 1 aliphatic rings. The van der Waals surface area contributed by atoms with Gasteiger partial charge in [0.15, 0.2) is 9.84 Å². The summed E-state index contributed by atoms with van der Waals surface area (Å²) in [7, 11) is -3.07. The molecule has 0 aliphatic heterocycles. The van der Waals surface area contributed by atoms with Gasteiger partial charge in [-0.15, -0.1) is 0 Å². The zero-order chi connectivity index (χ0) is 11.1. The van der Waals surface area contributed by atoms with E-state index in [1.54, 1.807) is 12.1 Å². The van der Waals surface area contributed by atoms with Crippen molar-refractivity contribution in [2.45, 2.75) is 29.7 Å². The molecule has 0 saturated heterocycles. The van der Waals surface area contributed by atoms with E-state index >= 15 is 0 Å². The molecular formula is C11H15NO2S. The van der Waals surface area contributed by atoms with E-state index < -0.39 is 9.84 Å². The molecule has 2 N–H and O–H groups in total.